The van der Waals surface area contributed by atoms with Gasteiger partial charge in [0.2, 0.25) is 0 Å². The van der Waals surface area contributed by atoms with E-state index < -0.39 is 0 Å². The van der Waals surface area contributed by atoms with Crippen LogP contribution in [-0.4, -0.2) is 9.78 Å². The van der Waals surface area contributed by atoms with Crippen molar-refractivity contribution in [3.05, 3.63) is 50.8 Å². The lowest BCUT2D eigenvalue weighted by Crippen LogP contribution is -2.31. The van der Waals surface area contributed by atoms with Gasteiger partial charge in [-0.2, -0.15) is 5.10 Å². The molecule has 114 valence electrons. The van der Waals surface area contributed by atoms with Gasteiger partial charge in [-0.1, -0.05) is 23.8 Å². The summed E-state index contributed by atoms with van der Waals surface area (Å²) in [6.45, 7) is 9.20. The van der Waals surface area contributed by atoms with Crippen LogP contribution in [0.2, 0.25) is 0 Å². The van der Waals surface area contributed by atoms with Crippen molar-refractivity contribution in [2.24, 2.45) is 5.84 Å². The number of rotatable bonds is 5. The number of aryl methyl sites for hydroxylation is 4. The Morgan fingerprint density at radius 1 is 1.33 bits per heavy atom. The van der Waals surface area contributed by atoms with Gasteiger partial charge >= 0.3 is 0 Å². The van der Waals surface area contributed by atoms with Crippen LogP contribution in [0.4, 0.5) is 0 Å². The number of nitrogens with one attached hydrogen (secondary N) is 1. The Morgan fingerprint density at radius 2 is 2.05 bits per heavy atom. The Kier molecular flexibility index (Phi) is 5.19. The standard InChI is InChI=1S/C16H23BrN4/c1-5-21-15(16(17)12(4)20-21)9-14(19-18)13-8-10(2)6-7-11(13)3/h6-8,14,19H,5,9,18H2,1-4H3. The van der Waals surface area contributed by atoms with Crippen LogP contribution in [0, 0.1) is 20.8 Å². The molecule has 4 nitrogen and oxygen atoms in total. The number of hydrogen-bond donors (Lipinski definition) is 2. The van der Waals surface area contributed by atoms with Gasteiger partial charge in [0.05, 0.1) is 21.9 Å². The summed E-state index contributed by atoms with van der Waals surface area (Å²) < 4.78 is 3.12. The van der Waals surface area contributed by atoms with Crippen LogP contribution in [0.15, 0.2) is 22.7 Å². The third kappa shape index (κ3) is 3.36. The predicted molar refractivity (Wildman–Crippen MR) is 90.0 cm³/mol. The number of hydrazine groups is 1. The molecular weight excluding hydrogens is 328 g/mol. The van der Waals surface area contributed by atoms with Crippen LogP contribution >= 0.6 is 15.9 Å². The highest BCUT2D eigenvalue weighted by Gasteiger charge is 2.19. The largest absolute Gasteiger partial charge is 0.271 e. The molecule has 1 aromatic heterocycles. The van der Waals surface area contributed by atoms with Gasteiger partial charge < -0.3 is 0 Å². The fourth-order valence-corrected chi connectivity index (χ4v) is 3.10. The molecule has 21 heavy (non-hydrogen) atoms. The van der Waals surface area contributed by atoms with Crippen molar-refractivity contribution in [2.45, 2.75) is 46.7 Å². The lowest BCUT2D eigenvalue weighted by Gasteiger charge is -2.20. The van der Waals surface area contributed by atoms with Crippen molar-refractivity contribution in [1.29, 1.82) is 0 Å². The summed E-state index contributed by atoms with van der Waals surface area (Å²) in [6, 6.07) is 6.55. The maximum absolute atomic E-state index is 5.83. The summed E-state index contributed by atoms with van der Waals surface area (Å²) in [5.74, 6) is 5.83. The average Bonchev–Trinajstić information content (AvgIpc) is 2.74. The van der Waals surface area contributed by atoms with Crippen LogP contribution in [0.25, 0.3) is 0 Å². The van der Waals surface area contributed by atoms with Crippen molar-refractivity contribution in [1.82, 2.24) is 15.2 Å². The van der Waals surface area contributed by atoms with Gasteiger partial charge in [-0.05, 0) is 54.8 Å². The van der Waals surface area contributed by atoms with Crippen LogP contribution in [0.5, 0.6) is 0 Å². The maximum atomic E-state index is 5.83. The van der Waals surface area contributed by atoms with Crippen molar-refractivity contribution < 1.29 is 0 Å². The highest BCUT2D eigenvalue weighted by molar-refractivity contribution is 9.10. The highest BCUT2D eigenvalue weighted by atomic mass is 79.9. The number of halogens is 1. The van der Waals surface area contributed by atoms with Gasteiger partial charge in [0.15, 0.2) is 0 Å². The molecule has 0 bridgehead atoms. The number of nitrogens with zero attached hydrogens (tertiary/aromatic N) is 2. The van der Waals surface area contributed by atoms with E-state index in [1.165, 1.54) is 22.4 Å². The molecule has 0 fully saturated rings. The second-order valence-electron chi connectivity index (χ2n) is 5.45. The van der Waals surface area contributed by atoms with E-state index in [4.69, 9.17) is 5.84 Å². The molecule has 1 atom stereocenters. The van der Waals surface area contributed by atoms with E-state index in [1.807, 2.05) is 11.6 Å². The van der Waals surface area contributed by atoms with Gasteiger partial charge in [0.1, 0.15) is 0 Å². The van der Waals surface area contributed by atoms with E-state index in [2.05, 4.69) is 65.4 Å². The first-order valence-electron chi connectivity index (χ1n) is 7.23. The minimum atomic E-state index is 0.0719. The molecule has 0 aliphatic rings. The van der Waals surface area contributed by atoms with E-state index in [-0.39, 0.29) is 6.04 Å². The Morgan fingerprint density at radius 3 is 2.67 bits per heavy atom. The minimum absolute atomic E-state index is 0.0719. The zero-order valence-corrected chi connectivity index (χ0v) is 14.7. The molecule has 0 amide bonds. The number of nitrogens with two attached hydrogens (primary N) is 1. The predicted octanol–water partition coefficient (Wildman–Crippen LogP) is 3.34. The van der Waals surface area contributed by atoms with Crippen LogP contribution in [0.1, 0.15) is 41.0 Å². The van der Waals surface area contributed by atoms with Crippen molar-refractivity contribution in [3.63, 3.8) is 0 Å². The molecule has 0 radical (unpaired) electrons. The van der Waals surface area contributed by atoms with E-state index in [9.17, 15) is 0 Å². The summed E-state index contributed by atoms with van der Waals surface area (Å²) in [4.78, 5) is 0. The Balaban J connectivity index is 2.38. The third-order valence-corrected chi connectivity index (χ3v) is 4.89. The summed E-state index contributed by atoms with van der Waals surface area (Å²) >= 11 is 3.65. The Hall–Kier alpha value is -1.17. The average molecular weight is 351 g/mol. The number of benzene rings is 1. The van der Waals surface area contributed by atoms with Crippen LogP contribution in [0.3, 0.4) is 0 Å². The molecule has 0 saturated heterocycles. The quantitative estimate of drug-likeness (QED) is 0.642. The second kappa shape index (κ2) is 6.73. The van der Waals surface area contributed by atoms with Gasteiger partial charge in [0, 0.05) is 13.0 Å². The zero-order chi connectivity index (χ0) is 15.6. The third-order valence-electron chi connectivity index (χ3n) is 3.86. The van der Waals surface area contributed by atoms with E-state index >= 15 is 0 Å². The maximum Gasteiger partial charge on any atom is 0.0738 e. The van der Waals surface area contributed by atoms with Gasteiger partial charge in [-0.15, -0.1) is 0 Å². The zero-order valence-electron chi connectivity index (χ0n) is 13.1. The highest BCUT2D eigenvalue weighted by Crippen LogP contribution is 2.28. The number of hydrogen-bond acceptors (Lipinski definition) is 3. The minimum Gasteiger partial charge on any atom is -0.271 e. The first-order valence-corrected chi connectivity index (χ1v) is 8.02. The molecule has 5 heteroatoms. The lowest BCUT2D eigenvalue weighted by molar-refractivity contribution is 0.514. The monoisotopic (exact) mass is 350 g/mol. The molecule has 1 heterocycles. The molecule has 1 unspecified atom stereocenters. The Labute approximate surface area is 134 Å². The van der Waals surface area contributed by atoms with Gasteiger partial charge in [-0.25, -0.2) is 0 Å². The van der Waals surface area contributed by atoms with Crippen LogP contribution in [-0.2, 0) is 13.0 Å². The van der Waals surface area contributed by atoms with E-state index in [0.29, 0.717) is 0 Å². The Bertz CT molecular complexity index is 633. The first-order chi connectivity index (χ1) is 9.97. The second-order valence-corrected chi connectivity index (χ2v) is 6.24. The normalized spacial score (nSPS) is 12.7. The van der Waals surface area contributed by atoms with E-state index in [0.717, 1.165) is 23.1 Å². The molecule has 1 aromatic carbocycles. The molecule has 2 aromatic rings. The summed E-state index contributed by atoms with van der Waals surface area (Å²) in [5.41, 5.74) is 8.89. The molecule has 0 spiro atoms. The summed E-state index contributed by atoms with van der Waals surface area (Å²) in [5, 5.41) is 4.55. The smallest absolute Gasteiger partial charge is 0.0738 e. The van der Waals surface area contributed by atoms with Gasteiger partial charge in [-0.3, -0.25) is 16.0 Å². The SMILES string of the molecule is CCn1nc(C)c(Br)c1CC(NN)c1cc(C)ccc1C. The molecule has 0 aliphatic carbocycles. The lowest BCUT2D eigenvalue weighted by atomic mass is 9.96. The fraction of sp³-hybridized carbons (Fsp3) is 0.438. The first kappa shape index (κ1) is 16.2. The van der Waals surface area contributed by atoms with Crippen molar-refractivity contribution in [3.8, 4) is 0 Å². The molecular formula is C16H23BrN4. The van der Waals surface area contributed by atoms with Gasteiger partial charge in [0.25, 0.3) is 0 Å². The summed E-state index contributed by atoms with van der Waals surface area (Å²) in [7, 11) is 0. The van der Waals surface area contributed by atoms with E-state index in [1.54, 1.807) is 0 Å². The summed E-state index contributed by atoms with van der Waals surface area (Å²) in [6.07, 6.45) is 0.802. The number of aromatic nitrogens is 2. The topological polar surface area (TPSA) is 55.9 Å². The molecule has 3 N–H and O–H groups in total. The molecule has 2 rings (SSSR count). The van der Waals surface area contributed by atoms with Crippen LogP contribution < -0.4 is 11.3 Å². The molecule has 0 aliphatic heterocycles. The van der Waals surface area contributed by atoms with Crippen molar-refractivity contribution >= 4 is 15.9 Å². The molecule has 0 saturated carbocycles. The fourth-order valence-electron chi connectivity index (χ4n) is 2.65. The van der Waals surface area contributed by atoms with Crippen molar-refractivity contribution in [2.75, 3.05) is 0 Å².